The van der Waals surface area contributed by atoms with Gasteiger partial charge in [-0.2, -0.15) is 5.10 Å². The van der Waals surface area contributed by atoms with Crippen molar-refractivity contribution in [3.05, 3.63) is 82.7 Å². The number of nitrogens with zero attached hydrogens (tertiary/aromatic N) is 2. The maximum absolute atomic E-state index is 12.7. The number of amides is 1. The Morgan fingerprint density at radius 3 is 2.45 bits per heavy atom. The van der Waals surface area contributed by atoms with E-state index in [2.05, 4.69) is 54.1 Å². The second-order valence-corrected chi connectivity index (χ2v) is 8.09. The van der Waals surface area contributed by atoms with Gasteiger partial charge in [-0.05, 0) is 55.4 Å². The van der Waals surface area contributed by atoms with Crippen LogP contribution in [-0.4, -0.2) is 15.7 Å². The number of benzene rings is 2. The quantitative estimate of drug-likeness (QED) is 0.567. The van der Waals surface area contributed by atoms with Crippen molar-refractivity contribution in [3.8, 4) is 0 Å². The molecule has 0 aliphatic heterocycles. The number of carbonyl (C=O) groups is 1. The van der Waals surface area contributed by atoms with Gasteiger partial charge in [-0.1, -0.05) is 62.4 Å². The minimum atomic E-state index is 0.0425. The van der Waals surface area contributed by atoms with Crippen LogP contribution in [0.25, 0.3) is 0 Å². The molecule has 0 atom stereocenters. The Hall–Kier alpha value is -2.88. The predicted octanol–water partition coefficient (Wildman–Crippen LogP) is 5.32. The van der Waals surface area contributed by atoms with Gasteiger partial charge in [0.15, 0.2) is 0 Å². The number of anilines is 1. The number of carbonyl (C=O) groups excluding carboxylic acids is 1. The molecular weight excluding hydrogens is 358 g/mol. The summed E-state index contributed by atoms with van der Waals surface area (Å²) in [6.45, 7) is 9.43. The molecule has 0 radical (unpaired) electrons. The first-order valence-corrected chi connectivity index (χ1v) is 10.4. The van der Waals surface area contributed by atoms with Crippen LogP contribution in [0, 0.1) is 19.8 Å². The van der Waals surface area contributed by atoms with Crippen molar-refractivity contribution < 1.29 is 4.79 Å². The highest BCUT2D eigenvalue weighted by Gasteiger charge is 2.14. The second-order valence-electron chi connectivity index (χ2n) is 8.09. The molecule has 1 N–H and O–H groups in total. The molecule has 4 nitrogen and oxygen atoms in total. The van der Waals surface area contributed by atoms with Crippen LogP contribution in [0.4, 0.5) is 5.69 Å². The number of para-hydroxylation sites is 1. The van der Waals surface area contributed by atoms with Crippen molar-refractivity contribution in [3.63, 3.8) is 0 Å². The first-order chi connectivity index (χ1) is 13.9. The molecule has 3 rings (SSSR count). The summed E-state index contributed by atoms with van der Waals surface area (Å²) < 4.78 is 2.07. The van der Waals surface area contributed by atoms with Crippen LogP contribution >= 0.6 is 0 Å². The predicted molar refractivity (Wildman–Crippen MR) is 119 cm³/mol. The number of nitrogens with one attached hydrogen (secondary N) is 1. The van der Waals surface area contributed by atoms with Crippen molar-refractivity contribution in [2.75, 3.05) is 5.32 Å². The molecular formula is C25H31N3O. The monoisotopic (exact) mass is 389 g/mol. The molecule has 1 heterocycles. The molecule has 4 heteroatoms. The van der Waals surface area contributed by atoms with Crippen molar-refractivity contribution >= 4 is 11.6 Å². The summed E-state index contributed by atoms with van der Waals surface area (Å²) in [7, 11) is 0. The lowest BCUT2D eigenvalue weighted by Gasteiger charge is -2.12. The zero-order chi connectivity index (χ0) is 20.8. The van der Waals surface area contributed by atoms with Crippen LogP contribution < -0.4 is 5.32 Å². The standard InChI is InChI=1S/C25H31N3O/c1-18(2)17-28-20(4)23(19(3)27-28)14-15-25(29)26-24-13-9-8-12-22(24)16-21-10-6-5-7-11-21/h5-13,18H,14-17H2,1-4H3,(H,26,29). The molecule has 3 aromatic rings. The second kappa shape index (κ2) is 9.55. The highest BCUT2D eigenvalue weighted by atomic mass is 16.1. The van der Waals surface area contributed by atoms with Crippen LogP contribution in [-0.2, 0) is 24.2 Å². The summed E-state index contributed by atoms with van der Waals surface area (Å²) in [5.41, 5.74) is 6.65. The fraction of sp³-hybridized carbons (Fsp3) is 0.360. The van der Waals surface area contributed by atoms with Gasteiger partial charge in [0.2, 0.25) is 5.91 Å². The normalized spacial score (nSPS) is 11.1. The van der Waals surface area contributed by atoms with Crippen LogP contribution in [0.15, 0.2) is 54.6 Å². The third-order valence-corrected chi connectivity index (χ3v) is 5.20. The molecule has 0 saturated heterocycles. The zero-order valence-corrected chi connectivity index (χ0v) is 17.9. The van der Waals surface area contributed by atoms with Crippen molar-refractivity contribution in [1.82, 2.24) is 9.78 Å². The van der Waals surface area contributed by atoms with Crippen LogP contribution in [0.1, 0.15) is 48.3 Å². The maximum Gasteiger partial charge on any atom is 0.224 e. The van der Waals surface area contributed by atoms with E-state index in [1.807, 2.05) is 43.3 Å². The van der Waals surface area contributed by atoms with Gasteiger partial charge in [-0.25, -0.2) is 0 Å². The zero-order valence-electron chi connectivity index (χ0n) is 17.9. The molecule has 0 spiro atoms. The summed E-state index contributed by atoms with van der Waals surface area (Å²) in [4.78, 5) is 12.7. The Kier molecular flexibility index (Phi) is 6.86. The van der Waals surface area contributed by atoms with E-state index < -0.39 is 0 Å². The summed E-state index contributed by atoms with van der Waals surface area (Å²) in [5.74, 6) is 0.589. The number of rotatable bonds is 8. The number of aryl methyl sites for hydroxylation is 1. The topological polar surface area (TPSA) is 46.9 Å². The van der Waals surface area contributed by atoms with E-state index in [0.29, 0.717) is 18.8 Å². The molecule has 0 unspecified atom stereocenters. The SMILES string of the molecule is Cc1nn(CC(C)C)c(C)c1CCC(=O)Nc1ccccc1Cc1ccccc1. The van der Waals surface area contributed by atoms with Gasteiger partial charge < -0.3 is 5.32 Å². The van der Waals surface area contributed by atoms with Crippen LogP contribution in [0.3, 0.4) is 0 Å². The van der Waals surface area contributed by atoms with Gasteiger partial charge in [-0.3, -0.25) is 9.48 Å². The summed E-state index contributed by atoms with van der Waals surface area (Å²) in [6, 6.07) is 18.4. The largest absolute Gasteiger partial charge is 0.326 e. The molecule has 2 aromatic carbocycles. The summed E-state index contributed by atoms with van der Waals surface area (Å²) >= 11 is 0. The van der Waals surface area contributed by atoms with Gasteiger partial charge in [-0.15, -0.1) is 0 Å². The van der Waals surface area contributed by atoms with Crippen LogP contribution in [0.2, 0.25) is 0 Å². The number of hydrogen-bond acceptors (Lipinski definition) is 2. The highest BCUT2D eigenvalue weighted by Crippen LogP contribution is 2.21. The molecule has 0 aliphatic rings. The Morgan fingerprint density at radius 2 is 1.72 bits per heavy atom. The fourth-order valence-electron chi connectivity index (χ4n) is 3.68. The molecule has 0 saturated carbocycles. The first kappa shape index (κ1) is 20.8. The van der Waals surface area contributed by atoms with E-state index in [-0.39, 0.29) is 5.91 Å². The number of aromatic nitrogens is 2. The van der Waals surface area contributed by atoms with Gasteiger partial charge in [0.05, 0.1) is 5.69 Å². The van der Waals surface area contributed by atoms with Crippen molar-refractivity contribution in [2.45, 2.75) is 53.5 Å². The molecule has 1 amide bonds. The van der Waals surface area contributed by atoms with Gasteiger partial charge in [0, 0.05) is 24.3 Å². The lowest BCUT2D eigenvalue weighted by molar-refractivity contribution is -0.116. The van der Waals surface area contributed by atoms with E-state index in [4.69, 9.17) is 0 Å². The van der Waals surface area contributed by atoms with E-state index >= 15 is 0 Å². The minimum Gasteiger partial charge on any atom is -0.326 e. The average Bonchev–Trinajstić information content (AvgIpc) is 2.95. The first-order valence-electron chi connectivity index (χ1n) is 10.4. The van der Waals surface area contributed by atoms with Gasteiger partial charge in [0.25, 0.3) is 0 Å². The maximum atomic E-state index is 12.7. The summed E-state index contributed by atoms with van der Waals surface area (Å²) in [6.07, 6.45) is 1.97. The summed E-state index contributed by atoms with van der Waals surface area (Å²) in [5, 5.41) is 7.77. The average molecular weight is 390 g/mol. The Morgan fingerprint density at radius 1 is 1.03 bits per heavy atom. The molecule has 152 valence electrons. The van der Waals surface area contributed by atoms with E-state index in [1.54, 1.807) is 0 Å². The van der Waals surface area contributed by atoms with Crippen molar-refractivity contribution in [1.29, 1.82) is 0 Å². The van der Waals surface area contributed by atoms with E-state index in [1.165, 1.54) is 16.8 Å². The van der Waals surface area contributed by atoms with E-state index in [0.717, 1.165) is 29.9 Å². The highest BCUT2D eigenvalue weighted by molar-refractivity contribution is 5.91. The van der Waals surface area contributed by atoms with Crippen molar-refractivity contribution in [2.24, 2.45) is 5.92 Å². The van der Waals surface area contributed by atoms with Gasteiger partial charge >= 0.3 is 0 Å². The Balaban J connectivity index is 1.64. The van der Waals surface area contributed by atoms with E-state index in [9.17, 15) is 4.79 Å². The minimum absolute atomic E-state index is 0.0425. The van der Waals surface area contributed by atoms with Gasteiger partial charge in [0.1, 0.15) is 0 Å². The smallest absolute Gasteiger partial charge is 0.224 e. The lowest BCUT2D eigenvalue weighted by Crippen LogP contribution is -2.14. The third kappa shape index (κ3) is 5.57. The molecule has 0 fully saturated rings. The molecule has 0 bridgehead atoms. The van der Waals surface area contributed by atoms with Crippen LogP contribution in [0.5, 0.6) is 0 Å². The molecule has 0 aliphatic carbocycles. The Labute approximate surface area is 174 Å². The number of hydrogen-bond donors (Lipinski definition) is 1. The molecule has 1 aromatic heterocycles. The molecule has 29 heavy (non-hydrogen) atoms. The lowest BCUT2D eigenvalue weighted by atomic mass is 10.0. The third-order valence-electron chi connectivity index (χ3n) is 5.20. The fourth-order valence-corrected chi connectivity index (χ4v) is 3.68. The Bertz CT molecular complexity index is 957.